The van der Waals surface area contributed by atoms with E-state index in [1.54, 1.807) is 68.4 Å². The van der Waals surface area contributed by atoms with Crippen molar-refractivity contribution in [3.63, 3.8) is 0 Å². The van der Waals surface area contributed by atoms with Crippen LogP contribution in [0.2, 0.25) is 0 Å². The van der Waals surface area contributed by atoms with Gasteiger partial charge in [0, 0.05) is 31.6 Å². The van der Waals surface area contributed by atoms with Crippen molar-refractivity contribution in [2.45, 2.75) is 98.1 Å². The number of nitrogens with zero attached hydrogens (tertiary/aromatic N) is 2. The van der Waals surface area contributed by atoms with Gasteiger partial charge in [0.15, 0.2) is 12.4 Å². The highest BCUT2D eigenvalue weighted by molar-refractivity contribution is 6.01. The lowest BCUT2D eigenvalue weighted by atomic mass is 9.90. The van der Waals surface area contributed by atoms with Crippen molar-refractivity contribution >= 4 is 47.8 Å². The van der Waals surface area contributed by atoms with Gasteiger partial charge in [0.2, 0.25) is 12.3 Å². The molecule has 6 rings (SSSR count). The van der Waals surface area contributed by atoms with Crippen LogP contribution in [0.25, 0.3) is 11.3 Å². The largest absolute Gasteiger partial charge is 0.481 e. The lowest BCUT2D eigenvalue weighted by Gasteiger charge is -2.32. The number of morpholine rings is 1. The molecule has 19 heteroatoms. The zero-order valence-corrected chi connectivity index (χ0v) is 43.9. The quantitative estimate of drug-likeness (QED) is 0.0143. The Morgan fingerprint density at radius 3 is 2.10 bits per heavy atom. The van der Waals surface area contributed by atoms with Gasteiger partial charge in [-0.05, 0) is 79.3 Å². The topological polar surface area (TPSA) is 238 Å². The number of ketones is 1. The minimum absolute atomic E-state index is 0.0313. The van der Waals surface area contributed by atoms with Crippen LogP contribution in [0.15, 0.2) is 114 Å². The Bertz CT molecular complexity index is 2800. The molecule has 1 fully saturated rings. The van der Waals surface area contributed by atoms with E-state index in [0.717, 1.165) is 42.1 Å². The van der Waals surface area contributed by atoms with Crippen molar-refractivity contribution in [1.29, 1.82) is 0 Å². The van der Waals surface area contributed by atoms with E-state index in [0.29, 0.717) is 55.7 Å². The van der Waals surface area contributed by atoms with E-state index < -0.39 is 60.2 Å². The summed E-state index contributed by atoms with van der Waals surface area (Å²) in [5.74, 6) is -5.60. The second-order valence-electron chi connectivity index (χ2n) is 18.5. The Hall–Kier alpha value is -8.16. The summed E-state index contributed by atoms with van der Waals surface area (Å²) in [6, 6.07) is 28.3. The summed E-state index contributed by atoms with van der Waals surface area (Å²) < 4.78 is 28.1. The number of carbonyl (C=O) groups is 8. The number of ether oxygens (including phenoxy) is 4. The molecule has 2 heterocycles. The van der Waals surface area contributed by atoms with Crippen molar-refractivity contribution in [3.8, 4) is 17.1 Å². The Balaban J connectivity index is 1.11. The van der Waals surface area contributed by atoms with E-state index in [1.165, 1.54) is 37.3 Å². The summed E-state index contributed by atoms with van der Waals surface area (Å²) in [4.78, 5) is 114. The SMILES string of the molecule is CCCCC[C@@H](C(=O)NCNC(=O)c1ccc(-c2ccc(C(=O)N[C@@H](CC(C)=O)C(=O)OCc3ccccc3)c(OCC(=O)OCc3ccccc3)c2)o1)[C@@H](CC)N(C=O)OC(=O)c1ccc(CN2CCOCC2)cc1C. The predicted molar refractivity (Wildman–Crippen MR) is 281 cm³/mol. The van der Waals surface area contributed by atoms with Crippen molar-refractivity contribution in [3.05, 3.63) is 148 Å². The van der Waals surface area contributed by atoms with E-state index in [-0.39, 0.29) is 66.9 Å². The number of Topliss-reactive ketones (excluding diaryl/α,β-unsaturated/α-hetero) is 1. The molecule has 0 radical (unpaired) electrons. The van der Waals surface area contributed by atoms with Crippen LogP contribution in [0.3, 0.4) is 0 Å². The molecule has 0 unspecified atom stereocenters. The highest BCUT2D eigenvalue weighted by atomic mass is 16.7. The fourth-order valence-corrected chi connectivity index (χ4v) is 8.63. The van der Waals surface area contributed by atoms with Gasteiger partial charge in [-0.2, -0.15) is 5.06 Å². The van der Waals surface area contributed by atoms with Gasteiger partial charge in [0.25, 0.3) is 11.8 Å². The number of furan rings is 1. The monoisotopic (exact) mass is 1060 g/mol. The van der Waals surface area contributed by atoms with Crippen LogP contribution >= 0.6 is 0 Å². The normalized spacial score (nSPS) is 13.5. The van der Waals surface area contributed by atoms with E-state index in [4.69, 9.17) is 28.2 Å². The molecular weight excluding hydrogens is 991 g/mol. The lowest BCUT2D eigenvalue weighted by molar-refractivity contribution is -0.171. The van der Waals surface area contributed by atoms with Crippen molar-refractivity contribution in [1.82, 2.24) is 25.9 Å². The first-order chi connectivity index (χ1) is 37.3. The highest BCUT2D eigenvalue weighted by Gasteiger charge is 2.34. The molecule has 0 spiro atoms. The number of rotatable bonds is 29. The van der Waals surface area contributed by atoms with Crippen molar-refractivity contribution < 1.29 is 66.6 Å². The van der Waals surface area contributed by atoms with Gasteiger partial charge in [0.05, 0.1) is 43.0 Å². The number of hydrogen-bond donors (Lipinski definition) is 3. The van der Waals surface area contributed by atoms with Crippen LogP contribution in [0.4, 0.5) is 0 Å². The number of amides is 4. The molecule has 0 aliphatic carbocycles. The molecule has 0 saturated carbocycles. The standard InChI is InChI=1S/C58H67N5O14/c1-5-7-10-19-46(49(6-2)63(38-64)77-57(70)45-22-20-43(30-39(45)3)33-62-26-28-72-29-27-62)54(67)59-37-60-56(69)51-25-24-50(76-51)44-21-23-47(52(32-44)73-36-53(66)74-34-41-15-11-8-12-16-41)55(68)61-48(31-40(4)65)58(71)75-35-42-17-13-9-14-18-42/h8-9,11-18,20-25,30,32,38,46,48-49H,5-7,10,19,26-29,31,33-37H2,1-4H3,(H,59,67)(H,60,69)(H,61,68)/t46-,48+,49-/m1/s1. The Morgan fingerprint density at radius 1 is 0.766 bits per heavy atom. The second kappa shape index (κ2) is 29.8. The molecule has 4 amide bonds. The zero-order valence-electron chi connectivity index (χ0n) is 43.9. The number of benzene rings is 4. The van der Waals surface area contributed by atoms with Gasteiger partial charge in [-0.15, -0.1) is 0 Å². The summed E-state index contributed by atoms with van der Waals surface area (Å²) in [6.07, 6.45) is 3.02. The number of hydrogen-bond acceptors (Lipinski definition) is 15. The number of carbonyl (C=O) groups excluding carboxylic acids is 8. The number of unbranched alkanes of at least 4 members (excludes halogenated alkanes) is 2. The molecule has 1 aliphatic rings. The zero-order chi connectivity index (χ0) is 55.1. The third kappa shape index (κ3) is 17.7. The molecule has 0 bridgehead atoms. The van der Waals surface area contributed by atoms with Crippen molar-refractivity contribution in [2.24, 2.45) is 5.92 Å². The molecule has 1 aromatic heterocycles. The van der Waals surface area contributed by atoms with Gasteiger partial charge in [0.1, 0.15) is 36.5 Å². The number of hydroxylamine groups is 2. The Morgan fingerprint density at radius 2 is 1.45 bits per heavy atom. The summed E-state index contributed by atoms with van der Waals surface area (Å²) in [5.41, 5.74) is 3.64. The lowest BCUT2D eigenvalue weighted by Crippen LogP contribution is -2.49. The first kappa shape index (κ1) is 58.1. The highest BCUT2D eigenvalue weighted by Crippen LogP contribution is 2.30. The third-order valence-corrected chi connectivity index (χ3v) is 12.7. The molecule has 77 heavy (non-hydrogen) atoms. The Labute approximate surface area is 447 Å². The third-order valence-electron chi connectivity index (χ3n) is 12.7. The van der Waals surface area contributed by atoms with Gasteiger partial charge in [-0.1, -0.05) is 112 Å². The molecule has 408 valence electrons. The van der Waals surface area contributed by atoms with E-state index >= 15 is 0 Å². The predicted octanol–water partition coefficient (Wildman–Crippen LogP) is 7.04. The summed E-state index contributed by atoms with van der Waals surface area (Å²) in [5, 5.41) is 8.84. The van der Waals surface area contributed by atoms with Crippen molar-refractivity contribution in [2.75, 3.05) is 39.6 Å². The van der Waals surface area contributed by atoms with Gasteiger partial charge >= 0.3 is 17.9 Å². The maximum atomic E-state index is 13.9. The van der Waals surface area contributed by atoms with Crippen LogP contribution in [0.1, 0.15) is 113 Å². The average Bonchev–Trinajstić information content (AvgIpc) is 3.95. The van der Waals surface area contributed by atoms with Gasteiger partial charge in [-0.25, -0.2) is 14.4 Å². The van der Waals surface area contributed by atoms with Crippen LogP contribution in [0.5, 0.6) is 5.75 Å². The maximum Gasteiger partial charge on any atom is 0.363 e. The van der Waals surface area contributed by atoms with Gasteiger partial charge < -0.3 is 44.2 Å². The van der Waals surface area contributed by atoms with Crippen LogP contribution in [-0.2, 0) is 62.8 Å². The molecular formula is C58H67N5O14. The summed E-state index contributed by atoms with van der Waals surface area (Å²) >= 11 is 0. The minimum Gasteiger partial charge on any atom is -0.481 e. The first-order valence-electron chi connectivity index (χ1n) is 25.8. The van der Waals surface area contributed by atoms with E-state index in [2.05, 4.69) is 20.9 Å². The van der Waals surface area contributed by atoms with Crippen LogP contribution in [0, 0.1) is 12.8 Å². The molecule has 1 aliphatic heterocycles. The molecule has 3 atom stereocenters. The fourth-order valence-electron chi connectivity index (χ4n) is 8.63. The average molecular weight is 1060 g/mol. The second-order valence-corrected chi connectivity index (χ2v) is 18.5. The molecule has 4 aromatic carbocycles. The number of aryl methyl sites for hydroxylation is 1. The van der Waals surface area contributed by atoms with Crippen LogP contribution < -0.4 is 20.7 Å². The molecule has 3 N–H and O–H groups in total. The molecule has 5 aromatic rings. The fraction of sp³-hybridized carbons (Fsp3) is 0.379. The molecule has 19 nitrogen and oxygen atoms in total. The first-order valence-corrected chi connectivity index (χ1v) is 25.8. The maximum absolute atomic E-state index is 13.9. The smallest absolute Gasteiger partial charge is 0.363 e. The number of nitrogens with one attached hydrogen (secondary N) is 3. The Kier molecular flexibility index (Phi) is 22.5. The minimum atomic E-state index is -1.36. The number of esters is 2. The van der Waals surface area contributed by atoms with Crippen LogP contribution in [-0.4, -0.2) is 109 Å². The van der Waals surface area contributed by atoms with E-state index in [1.807, 2.05) is 31.2 Å². The summed E-state index contributed by atoms with van der Waals surface area (Å²) in [7, 11) is 0. The van der Waals surface area contributed by atoms with Gasteiger partial charge in [-0.3, -0.25) is 28.9 Å². The molecule has 1 saturated heterocycles. The summed E-state index contributed by atoms with van der Waals surface area (Å²) in [6.45, 7) is 9.47. The van der Waals surface area contributed by atoms with E-state index in [9.17, 15) is 38.4 Å².